The number of aromatic nitrogens is 2. The largest absolute Gasteiger partial charge is 0.383 e. The fraction of sp³-hybridized carbons (Fsp3) is 0.190. The third-order valence-corrected chi connectivity index (χ3v) is 5.93. The molecule has 7 heteroatoms. The third kappa shape index (κ3) is 3.25. The smallest absolute Gasteiger partial charge is 0.262 e. The number of nitrogens with zero attached hydrogens (tertiary/aromatic N) is 2. The molecule has 0 aliphatic heterocycles. The maximum absolute atomic E-state index is 12.6. The van der Waals surface area contributed by atoms with Crippen molar-refractivity contribution < 1.29 is 4.79 Å². The van der Waals surface area contributed by atoms with Gasteiger partial charge in [0.1, 0.15) is 4.83 Å². The number of fused-ring (bicyclic) bond motifs is 2. The normalized spacial score (nSPS) is 11.1. The zero-order valence-electron chi connectivity index (χ0n) is 15.7. The van der Waals surface area contributed by atoms with E-state index in [0.29, 0.717) is 33.7 Å². The summed E-state index contributed by atoms with van der Waals surface area (Å²) in [7, 11) is 1.66. The summed E-state index contributed by atoms with van der Waals surface area (Å²) in [6.45, 7) is 2.87. The van der Waals surface area contributed by atoms with Crippen molar-refractivity contribution in [2.45, 2.75) is 6.92 Å². The van der Waals surface area contributed by atoms with Gasteiger partial charge in [-0.3, -0.25) is 9.59 Å². The van der Waals surface area contributed by atoms with Crippen LogP contribution in [0.3, 0.4) is 0 Å². The van der Waals surface area contributed by atoms with Gasteiger partial charge in [-0.15, -0.1) is 11.3 Å². The average Bonchev–Trinajstić information content (AvgIpc) is 3.05. The minimum Gasteiger partial charge on any atom is -0.383 e. The number of thiophene rings is 1. The molecule has 0 unspecified atom stereocenters. The Morgan fingerprint density at radius 3 is 2.79 bits per heavy atom. The van der Waals surface area contributed by atoms with Crippen molar-refractivity contribution in [2.24, 2.45) is 7.05 Å². The Bertz CT molecular complexity index is 1240. The molecule has 2 aromatic heterocycles. The fourth-order valence-electron chi connectivity index (χ4n) is 3.26. The molecule has 0 spiro atoms. The highest BCUT2D eigenvalue weighted by atomic mass is 32.1. The Labute approximate surface area is 165 Å². The molecule has 0 atom stereocenters. The minimum atomic E-state index is -0.178. The number of carbonyl (C=O) groups is 1. The lowest BCUT2D eigenvalue weighted by Crippen LogP contribution is -2.28. The Hall–Kier alpha value is -3.19. The first-order chi connectivity index (χ1) is 13.6. The quantitative estimate of drug-likeness (QED) is 0.511. The Morgan fingerprint density at radius 1 is 1.14 bits per heavy atom. The average molecular weight is 392 g/mol. The lowest BCUT2D eigenvalue weighted by Gasteiger charge is -2.10. The summed E-state index contributed by atoms with van der Waals surface area (Å²) < 4.78 is 1.43. The molecule has 0 bridgehead atoms. The SMILES string of the molecule is Cc1c(C(=O)NCCNc2cccc3ccccc23)sc2ncn(C)c(=O)c12. The predicted octanol–water partition coefficient (Wildman–Crippen LogP) is 3.30. The monoisotopic (exact) mass is 392 g/mol. The third-order valence-electron chi connectivity index (χ3n) is 4.73. The van der Waals surface area contributed by atoms with Crippen LogP contribution in [0.2, 0.25) is 0 Å². The molecule has 0 saturated carbocycles. The van der Waals surface area contributed by atoms with E-state index < -0.39 is 0 Å². The fourth-order valence-corrected chi connectivity index (χ4v) is 4.31. The first kappa shape index (κ1) is 18.2. The summed E-state index contributed by atoms with van der Waals surface area (Å²) in [6, 6.07) is 14.3. The van der Waals surface area contributed by atoms with E-state index in [2.05, 4.69) is 33.8 Å². The number of nitrogens with one attached hydrogen (secondary N) is 2. The number of rotatable bonds is 5. The summed E-state index contributed by atoms with van der Waals surface area (Å²) in [5.41, 5.74) is 1.60. The van der Waals surface area contributed by atoms with Crippen LogP contribution in [0.15, 0.2) is 53.6 Å². The van der Waals surface area contributed by atoms with E-state index in [1.54, 1.807) is 14.0 Å². The molecule has 2 aromatic carbocycles. The molecule has 1 amide bonds. The van der Waals surface area contributed by atoms with Crippen molar-refractivity contribution in [3.63, 3.8) is 0 Å². The van der Waals surface area contributed by atoms with Gasteiger partial charge in [-0.2, -0.15) is 0 Å². The van der Waals surface area contributed by atoms with Gasteiger partial charge in [-0.05, 0) is 23.9 Å². The predicted molar refractivity (Wildman–Crippen MR) is 114 cm³/mol. The second kappa shape index (κ2) is 7.44. The van der Waals surface area contributed by atoms with Gasteiger partial charge in [0, 0.05) is 31.2 Å². The lowest BCUT2D eigenvalue weighted by atomic mass is 10.1. The van der Waals surface area contributed by atoms with Crippen molar-refractivity contribution in [1.29, 1.82) is 0 Å². The van der Waals surface area contributed by atoms with E-state index in [-0.39, 0.29) is 11.5 Å². The molecule has 0 radical (unpaired) electrons. The standard InChI is InChI=1S/C21H20N4O2S/c1-13-17-20(24-12-25(2)21(17)27)28-18(13)19(26)23-11-10-22-16-9-5-7-14-6-3-4-8-15(14)16/h3-9,12,22H,10-11H2,1-2H3,(H,23,26). The van der Waals surface area contributed by atoms with Gasteiger partial charge in [-0.25, -0.2) is 4.98 Å². The van der Waals surface area contributed by atoms with E-state index in [1.807, 2.05) is 24.3 Å². The molecule has 0 aliphatic rings. The number of amides is 1. The zero-order chi connectivity index (χ0) is 19.7. The van der Waals surface area contributed by atoms with Crippen LogP contribution >= 0.6 is 11.3 Å². The van der Waals surface area contributed by atoms with E-state index in [9.17, 15) is 9.59 Å². The highest BCUT2D eigenvalue weighted by Gasteiger charge is 2.18. The molecule has 0 fully saturated rings. The Kier molecular flexibility index (Phi) is 4.83. The zero-order valence-corrected chi connectivity index (χ0v) is 16.5. The van der Waals surface area contributed by atoms with Gasteiger partial charge in [-0.1, -0.05) is 36.4 Å². The summed E-state index contributed by atoms with van der Waals surface area (Å²) in [4.78, 5) is 30.3. The molecule has 142 valence electrons. The summed E-state index contributed by atoms with van der Waals surface area (Å²) in [5, 5.41) is 9.15. The molecule has 28 heavy (non-hydrogen) atoms. The highest BCUT2D eigenvalue weighted by Crippen LogP contribution is 2.26. The number of hydrogen-bond donors (Lipinski definition) is 2. The van der Waals surface area contributed by atoms with E-state index in [4.69, 9.17) is 0 Å². The number of carbonyl (C=O) groups excluding carboxylic acids is 1. The van der Waals surface area contributed by atoms with Crippen molar-refractivity contribution in [2.75, 3.05) is 18.4 Å². The van der Waals surface area contributed by atoms with Crippen LogP contribution in [-0.4, -0.2) is 28.5 Å². The Morgan fingerprint density at radius 2 is 1.93 bits per heavy atom. The van der Waals surface area contributed by atoms with Crippen LogP contribution in [0.4, 0.5) is 5.69 Å². The van der Waals surface area contributed by atoms with Crippen molar-refractivity contribution in [3.8, 4) is 0 Å². The molecule has 2 heterocycles. The molecular weight excluding hydrogens is 372 g/mol. The van der Waals surface area contributed by atoms with Gasteiger partial charge >= 0.3 is 0 Å². The van der Waals surface area contributed by atoms with Crippen molar-refractivity contribution in [1.82, 2.24) is 14.9 Å². The molecular formula is C21H20N4O2S. The minimum absolute atomic E-state index is 0.129. The van der Waals surface area contributed by atoms with Crippen LogP contribution in [0, 0.1) is 6.92 Å². The molecule has 6 nitrogen and oxygen atoms in total. The van der Waals surface area contributed by atoms with Gasteiger partial charge in [0.25, 0.3) is 11.5 Å². The maximum Gasteiger partial charge on any atom is 0.262 e. The Balaban J connectivity index is 1.44. The topological polar surface area (TPSA) is 76.0 Å². The van der Waals surface area contributed by atoms with Gasteiger partial charge in [0.15, 0.2) is 0 Å². The van der Waals surface area contributed by atoms with E-state index >= 15 is 0 Å². The molecule has 0 saturated heterocycles. The number of benzene rings is 2. The van der Waals surface area contributed by atoms with Gasteiger partial charge < -0.3 is 15.2 Å². The summed E-state index contributed by atoms with van der Waals surface area (Å²) in [5.74, 6) is -0.178. The maximum atomic E-state index is 12.6. The molecule has 4 aromatic rings. The number of anilines is 1. The first-order valence-corrected chi connectivity index (χ1v) is 9.82. The van der Waals surface area contributed by atoms with Gasteiger partial charge in [0.2, 0.25) is 0 Å². The molecule has 2 N–H and O–H groups in total. The van der Waals surface area contributed by atoms with Crippen molar-refractivity contribution in [3.05, 3.63) is 69.6 Å². The van der Waals surface area contributed by atoms with Crippen LogP contribution in [-0.2, 0) is 7.05 Å². The second-order valence-electron chi connectivity index (χ2n) is 6.61. The lowest BCUT2D eigenvalue weighted by molar-refractivity contribution is 0.0959. The first-order valence-electron chi connectivity index (χ1n) is 9.01. The summed E-state index contributed by atoms with van der Waals surface area (Å²) >= 11 is 1.25. The molecule has 4 rings (SSSR count). The van der Waals surface area contributed by atoms with Crippen LogP contribution < -0.4 is 16.2 Å². The van der Waals surface area contributed by atoms with Crippen LogP contribution in [0.1, 0.15) is 15.2 Å². The number of hydrogen-bond acceptors (Lipinski definition) is 5. The molecule has 0 aliphatic carbocycles. The van der Waals surface area contributed by atoms with Gasteiger partial charge in [0.05, 0.1) is 16.6 Å². The van der Waals surface area contributed by atoms with E-state index in [1.165, 1.54) is 27.6 Å². The summed E-state index contributed by atoms with van der Waals surface area (Å²) in [6.07, 6.45) is 1.48. The number of aryl methyl sites for hydroxylation is 2. The van der Waals surface area contributed by atoms with Crippen LogP contribution in [0.5, 0.6) is 0 Å². The van der Waals surface area contributed by atoms with E-state index in [0.717, 1.165) is 11.1 Å². The van der Waals surface area contributed by atoms with Crippen molar-refractivity contribution >= 4 is 43.9 Å². The van der Waals surface area contributed by atoms with Crippen LogP contribution in [0.25, 0.3) is 21.0 Å². The second-order valence-corrected chi connectivity index (χ2v) is 7.61. The highest BCUT2D eigenvalue weighted by molar-refractivity contribution is 7.20.